The highest BCUT2D eigenvalue weighted by molar-refractivity contribution is 5.45. The van der Waals surface area contributed by atoms with Crippen LogP contribution < -0.4 is 4.74 Å². The number of rotatable bonds is 2. The summed E-state index contributed by atoms with van der Waals surface area (Å²) in [7, 11) is 0. The molecule has 0 radical (unpaired) electrons. The highest BCUT2D eigenvalue weighted by Gasteiger charge is 2.10. The Kier molecular flexibility index (Phi) is 3.01. The maximum atomic E-state index is 9.06. The van der Waals surface area contributed by atoms with Crippen LogP contribution in [-0.4, -0.2) is 9.97 Å². The van der Waals surface area contributed by atoms with E-state index < -0.39 is 0 Å². The zero-order valence-electron chi connectivity index (χ0n) is 9.64. The van der Waals surface area contributed by atoms with Gasteiger partial charge in [0.25, 0.3) is 0 Å². The minimum Gasteiger partial charge on any atom is -0.436 e. The Morgan fingerprint density at radius 2 is 2.00 bits per heavy atom. The Morgan fingerprint density at radius 1 is 1.18 bits per heavy atom. The molecule has 0 spiro atoms. The smallest absolute Gasteiger partial charge is 0.237 e. The molecule has 84 valence electrons. The van der Waals surface area contributed by atoms with Gasteiger partial charge in [0.05, 0.1) is 5.69 Å². The number of hydrogen-bond donors (Lipinski definition) is 0. The molecule has 0 bridgehead atoms. The predicted octanol–water partition coefficient (Wildman–Crippen LogP) is 2.76. The molecule has 2 rings (SSSR count). The molecule has 0 amide bonds. The molecular formula is C13H11N3O. The maximum absolute atomic E-state index is 9.06. The minimum atomic E-state index is 0.323. The van der Waals surface area contributed by atoms with Gasteiger partial charge in [0.15, 0.2) is 5.75 Å². The lowest BCUT2D eigenvalue weighted by Crippen LogP contribution is -1.96. The van der Waals surface area contributed by atoms with Gasteiger partial charge >= 0.3 is 0 Å². The van der Waals surface area contributed by atoms with Crippen molar-refractivity contribution in [3.63, 3.8) is 0 Å². The predicted molar refractivity (Wildman–Crippen MR) is 62.7 cm³/mol. The van der Waals surface area contributed by atoms with Crippen LogP contribution in [-0.2, 0) is 0 Å². The van der Waals surface area contributed by atoms with Gasteiger partial charge in [-0.1, -0.05) is 0 Å². The lowest BCUT2D eigenvalue weighted by atomic mass is 10.2. The minimum absolute atomic E-state index is 0.323. The first-order valence-electron chi connectivity index (χ1n) is 5.17. The summed E-state index contributed by atoms with van der Waals surface area (Å²) in [6.45, 7) is 3.69. The van der Waals surface area contributed by atoms with Crippen LogP contribution in [0.5, 0.6) is 11.6 Å². The second-order valence-corrected chi connectivity index (χ2v) is 3.61. The van der Waals surface area contributed by atoms with E-state index in [0.717, 1.165) is 11.3 Å². The number of ether oxygens (including phenoxy) is 1. The van der Waals surface area contributed by atoms with E-state index in [2.05, 4.69) is 16.0 Å². The Hall–Kier alpha value is -2.41. The SMILES string of the molecule is Cc1ccnc(Oc2cccnc2C)c1C#N. The van der Waals surface area contributed by atoms with E-state index >= 15 is 0 Å². The fourth-order valence-electron chi connectivity index (χ4n) is 1.43. The van der Waals surface area contributed by atoms with Gasteiger partial charge in [-0.15, -0.1) is 0 Å². The molecule has 2 heterocycles. The molecule has 17 heavy (non-hydrogen) atoms. The first-order chi connectivity index (χ1) is 8.22. The fraction of sp³-hybridized carbons (Fsp3) is 0.154. The second-order valence-electron chi connectivity index (χ2n) is 3.61. The number of nitriles is 1. The molecule has 0 aromatic carbocycles. The molecular weight excluding hydrogens is 214 g/mol. The number of nitrogens with zero attached hydrogens (tertiary/aromatic N) is 3. The molecule has 0 aliphatic carbocycles. The third-order valence-electron chi connectivity index (χ3n) is 2.40. The molecule has 4 heteroatoms. The Morgan fingerprint density at radius 3 is 2.71 bits per heavy atom. The van der Waals surface area contributed by atoms with Crippen LogP contribution >= 0.6 is 0 Å². The normalized spacial score (nSPS) is 9.71. The first-order valence-corrected chi connectivity index (χ1v) is 5.17. The van der Waals surface area contributed by atoms with Crippen molar-refractivity contribution in [2.24, 2.45) is 0 Å². The zero-order valence-corrected chi connectivity index (χ0v) is 9.64. The van der Waals surface area contributed by atoms with Gasteiger partial charge in [0, 0.05) is 12.4 Å². The largest absolute Gasteiger partial charge is 0.436 e. The molecule has 2 aromatic rings. The van der Waals surface area contributed by atoms with Crippen LogP contribution in [0.1, 0.15) is 16.8 Å². The van der Waals surface area contributed by atoms with Gasteiger partial charge in [-0.25, -0.2) is 4.98 Å². The average molecular weight is 225 g/mol. The summed E-state index contributed by atoms with van der Waals surface area (Å²) in [5.41, 5.74) is 2.06. The lowest BCUT2D eigenvalue weighted by Gasteiger charge is -2.08. The van der Waals surface area contributed by atoms with E-state index in [1.807, 2.05) is 13.8 Å². The third kappa shape index (κ3) is 2.23. The number of aryl methyl sites for hydroxylation is 2. The van der Waals surface area contributed by atoms with Crippen LogP contribution in [0.2, 0.25) is 0 Å². The molecule has 2 aromatic heterocycles. The standard InChI is InChI=1S/C13H11N3O/c1-9-5-7-16-13(11(9)8-14)17-12-4-3-6-15-10(12)2/h3-7H,1-2H3. The lowest BCUT2D eigenvalue weighted by molar-refractivity contribution is 0.454. The number of hydrogen-bond acceptors (Lipinski definition) is 4. The Labute approximate surface area is 99.5 Å². The maximum Gasteiger partial charge on any atom is 0.237 e. The summed E-state index contributed by atoms with van der Waals surface area (Å²) in [6, 6.07) is 7.46. The van der Waals surface area contributed by atoms with Crippen LogP contribution in [0.25, 0.3) is 0 Å². The van der Waals surface area contributed by atoms with E-state index in [4.69, 9.17) is 10.00 Å². The quantitative estimate of drug-likeness (QED) is 0.788. The van der Waals surface area contributed by atoms with E-state index in [0.29, 0.717) is 17.2 Å². The average Bonchev–Trinajstić information content (AvgIpc) is 2.32. The van der Waals surface area contributed by atoms with E-state index in [1.165, 1.54) is 0 Å². The Bertz CT molecular complexity index is 587. The van der Waals surface area contributed by atoms with Gasteiger partial charge in [-0.3, -0.25) is 4.98 Å². The van der Waals surface area contributed by atoms with Crippen molar-refractivity contribution in [1.82, 2.24) is 9.97 Å². The van der Waals surface area contributed by atoms with Crippen molar-refractivity contribution in [2.45, 2.75) is 13.8 Å². The third-order valence-corrected chi connectivity index (χ3v) is 2.40. The van der Waals surface area contributed by atoms with E-state index in [1.54, 1.807) is 30.6 Å². The van der Waals surface area contributed by atoms with Crippen molar-refractivity contribution in [2.75, 3.05) is 0 Å². The molecule has 0 aliphatic heterocycles. The summed E-state index contributed by atoms with van der Waals surface area (Å²) >= 11 is 0. The van der Waals surface area contributed by atoms with Gasteiger partial charge in [0.2, 0.25) is 5.88 Å². The topological polar surface area (TPSA) is 58.8 Å². The van der Waals surface area contributed by atoms with Crippen LogP contribution in [0.15, 0.2) is 30.6 Å². The van der Waals surface area contributed by atoms with Crippen molar-refractivity contribution >= 4 is 0 Å². The molecule has 0 fully saturated rings. The molecule has 0 atom stereocenters. The molecule has 0 saturated carbocycles. The molecule has 4 nitrogen and oxygen atoms in total. The van der Waals surface area contributed by atoms with E-state index in [9.17, 15) is 0 Å². The van der Waals surface area contributed by atoms with Crippen LogP contribution in [0, 0.1) is 25.2 Å². The number of pyridine rings is 2. The summed E-state index contributed by atoms with van der Waals surface area (Å²) < 4.78 is 5.62. The highest BCUT2D eigenvalue weighted by atomic mass is 16.5. The molecule has 0 aliphatic rings. The van der Waals surface area contributed by atoms with Crippen molar-refractivity contribution < 1.29 is 4.74 Å². The summed E-state index contributed by atoms with van der Waals surface area (Å²) in [4.78, 5) is 8.19. The van der Waals surface area contributed by atoms with Crippen LogP contribution in [0.4, 0.5) is 0 Å². The molecule has 0 saturated heterocycles. The van der Waals surface area contributed by atoms with E-state index in [-0.39, 0.29) is 0 Å². The molecule has 0 N–H and O–H groups in total. The van der Waals surface area contributed by atoms with Crippen molar-refractivity contribution in [3.05, 3.63) is 47.4 Å². The summed E-state index contributed by atoms with van der Waals surface area (Å²) in [5, 5.41) is 9.06. The Balaban J connectivity index is 2.41. The van der Waals surface area contributed by atoms with Gasteiger partial charge < -0.3 is 4.74 Å². The number of aromatic nitrogens is 2. The fourth-order valence-corrected chi connectivity index (χ4v) is 1.43. The monoisotopic (exact) mass is 225 g/mol. The van der Waals surface area contributed by atoms with Gasteiger partial charge in [-0.05, 0) is 37.6 Å². The van der Waals surface area contributed by atoms with Gasteiger partial charge in [-0.2, -0.15) is 5.26 Å². The first kappa shape index (κ1) is 11.1. The van der Waals surface area contributed by atoms with Crippen molar-refractivity contribution in [1.29, 1.82) is 5.26 Å². The summed E-state index contributed by atoms with van der Waals surface area (Å²) in [6.07, 6.45) is 3.31. The zero-order chi connectivity index (χ0) is 12.3. The van der Waals surface area contributed by atoms with Gasteiger partial charge in [0.1, 0.15) is 11.6 Å². The summed E-state index contributed by atoms with van der Waals surface area (Å²) in [5.74, 6) is 0.936. The van der Waals surface area contributed by atoms with Crippen LogP contribution in [0.3, 0.4) is 0 Å². The van der Waals surface area contributed by atoms with Crippen molar-refractivity contribution in [3.8, 4) is 17.7 Å². The molecule has 0 unspecified atom stereocenters. The second kappa shape index (κ2) is 4.62. The highest BCUT2D eigenvalue weighted by Crippen LogP contribution is 2.25.